The summed E-state index contributed by atoms with van der Waals surface area (Å²) in [6, 6.07) is 0.0855. The summed E-state index contributed by atoms with van der Waals surface area (Å²) in [5, 5.41) is 3.23. The number of nitrogens with one attached hydrogen (secondary N) is 1. The van der Waals surface area contributed by atoms with Crippen molar-refractivity contribution in [2.45, 2.75) is 39.2 Å². The van der Waals surface area contributed by atoms with Gasteiger partial charge in [0.15, 0.2) is 0 Å². The van der Waals surface area contributed by atoms with E-state index in [1.165, 1.54) is 12.8 Å². The molecular weight excluding hydrogens is 164 g/mol. The molecule has 1 atom stereocenters. The number of carbonyl (C=O) groups excluding carboxylic acids is 1. The number of rotatable bonds is 3. The largest absolute Gasteiger partial charge is 0.328 e. The van der Waals surface area contributed by atoms with Crippen LogP contribution in [-0.4, -0.2) is 30.1 Å². The average molecular weight is 182 g/mol. The lowest BCUT2D eigenvalue weighted by Gasteiger charge is -2.19. The Morgan fingerprint density at radius 1 is 1.62 bits per heavy atom. The Morgan fingerprint density at radius 2 is 2.31 bits per heavy atom. The van der Waals surface area contributed by atoms with Crippen molar-refractivity contribution in [3.63, 3.8) is 0 Å². The lowest BCUT2D eigenvalue weighted by Crippen LogP contribution is -2.33. The van der Waals surface area contributed by atoms with Crippen LogP contribution in [0.15, 0.2) is 0 Å². The Hall–Kier alpha value is -0.570. The van der Waals surface area contributed by atoms with Crippen molar-refractivity contribution in [2.24, 2.45) is 5.41 Å². The zero-order valence-electron chi connectivity index (χ0n) is 8.47. The van der Waals surface area contributed by atoms with Crippen LogP contribution in [0.5, 0.6) is 0 Å². The van der Waals surface area contributed by atoms with Crippen LogP contribution >= 0.6 is 0 Å². The van der Waals surface area contributed by atoms with Gasteiger partial charge in [0.05, 0.1) is 12.7 Å². The molecule has 3 heteroatoms. The first kappa shape index (κ1) is 9.00. The monoisotopic (exact) mass is 182 g/mol. The van der Waals surface area contributed by atoms with E-state index in [2.05, 4.69) is 19.2 Å². The Morgan fingerprint density at radius 3 is 2.77 bits per heavy atom. The van der Waals surface area contributed by atoms with Gasteiger partial charge in [0.2, 0.25) is 5.91 Å². The maximum atomic E-state index is 11.7. The summed E-state index contributed by atoms with van der Waals surface area (Å²) in [7, 11) is 0. The molecule has 74 valence electrons. The molecule has 0 aromatic carbocycles. The minimum Gasteiger partial charge on any atom is -0.328 e. The maximum absolute atomic E-state index is 11.7. The predicted molar refractivity (Wildman–Crippen MR) is 51.1 cm³/mol. The number of hydrogen-bond acceptors (Lipinski definition) is 2. The molecule has 1 aliphatic carbocycles. The normalized spacial score (nSPS) is 31.1. The van der Waals surface area contributed by atoms with Crippen LogP contribution in [0.2, 0.25) is 0 Å². The van der Waals surface area contributed by atoms with Crippen molar-refractivity contribution in [3.8, 4) is 0 Å². The van der Waals surface area contributed by atoms with E-state index >= 15 is 0 Å². The van der Waals surface area contributed by atoms with E-state index < -0.39 is 0 Å². The molecule has 1 unspecified atom stereocenters. The van der Waals surface area contributed by atoms with Crippen LogP contribution in [0.3, 0.4) is 0 Å². The first-order valence-corrected chi connectivity index (χ1v) is 5.17. The molecule has 1 aliphatic heterocycles. The Balaban J connectivity index is 1.91. The van der Waals surface area contributed by atoms with Gasteiger partial charge in [-0.15, -0.1) is 0 Å². The molecule has 1 saturated heterocycles. The highest BCUT2D eigenvalue weighted by molar-refractivity contribution is 5.83. The zero-order chi connectivity index (χ0) is 9.47. The van der Waals surface area contributed by atoms with Crippen LogP contribution in [0, 0.1) is 5.41 Å². The number of nitrogens with zero attached hydrogens (tertiary/aromatic N) is 1. The highest BCUT2D eigenvalue weighted by Gasteiger charge is 2.42. The van der Waals surface area contributed by atoms with Crippen molar-refractivity contribution in [1.29, 1.82) is 0 Å². The van der Waals surface area contributed by atoms with E-state index in [-0.39, 0.29) is 6.04 Å². The number of carbonyl (C=O) groups is 1. The van der Waals surface area contributed by atoms with Crippen molar-refractivity contribution in [1.82, 2.24) is 10.2 Å². The van der Waals surface area contributed by atoms with Gasteiger partial charge in [-0.05, 0) is 24.7 Å². The second-order valence-corrected chi connectivity index (χ2v) is 4.67. The summed E-state index contributed by atoms with van der Waals surface area (Å²) in [6.07, 6.45) is 3.48. The fraction of sp³-hybridized carbons (Fsp3) is 0.900. The number of amides is 1. The molecule has 1 saturated carbocycles. The fourth-order valence-corrected chi connectivity index (χ4v) is 1.89. The van der Waals surface area contributed by atoms with Crippen molar-refractivity contribution in [2.75, 3.05) is 13.2 Å². The lowest BCUT2D eigenvalue weighted by molar-refractivity contribution is -0.129. The Labute approximate surface area is 79.5 Å². The summed E-state index contributed by atoms with van der Waals surface area (Å²) in [5.74, 6) is 0.302. The van der Waals surface area contributed by atoms with Gasteiger partial charge >= 0.3 is 0 Å². The van der Waals surface area contributed by atoms with Gasteiger partial charge in [-0.3, -0.25) is 10.1 Å². The van der Waals surface area contributed by atoms with E-state index in [9.17, 15) is 4.79 Å². The van der Waals surface area contributed by atoms with Gasteiger partial charge in [-0.1, -0.05) is 13.8 Å². The van der Waals surface area contributed by atoms with Gasteiger partial charge < -0.3 is 4.90 Å². The van der Waals surface area contributed by atoms with Gasteiger partial charge in [0, 0.05) is 6.54 Å². The molecule has 1 N–H and O–H groups in total. The second-order valence-electron chi connectivity index (χ2n) is 4.67. The van der Waals surface area contributed by atoms with E-state index in [0.717, 1.165) is 19.6 Å². The molecule has 0 spiro atoms. The standard InChI is InChI=1S/C10H18N2O/c1-3-8-9(13)12(7-11-8)6-10(2)4-5-10/h8,11H,3-7H2,1-2H3. The van der Waals surface area contributed by atoms with Gasteiger partial charge in [0.1, 0.15) is 0 Å². The molecule has 3 nitrogen and oxygen atoms in total. The molecule has 0 aromatic heterocycles. The fourth-order valence-electron chi connectivity index (χ4n) is 1.89. The zero-order valence-corrected chi connectivity index (χ0v) is 8.47. The van der Waals surface area contributed by atoms with Crippen LogP contribution < -0.4 is 5.32 Å². The SMILES string of the molecule is CCC1NCN(CC2(C)CC2)C1=O. The molecule has 0 aromatic rings. The maximum Gasteiger partial charge on any atom is 0.240 e. The van der Waals surface area contributed by atoms with Gasteiger partial charge in [0.25, 0.3) is 0 Å². The minimum absolute atomic E-state index is 0.0855. The summed E-state index contributed by atoms with van der Waals surface area (Å²) >= 11 is 0. The van der Waals surface area contributed by atoms with E-state index in [1.54, 1.807) is 0 Å². The molecule has 1 heterocycles. The number of hydrogen-bond donors (Lipinski definition) is 1. The highest BCUT2D eigenvalue weighted by atomic mass is 16.2. The van der Waals surface area contributed by atoms with Crippen molar-refractivity contribution in [3.05, 3.63) is 0 Å². The topological polar surface area (TPSA) is 32.3 Å². The first-order chi connectivity index (χ1) is 6.14. The van der Waals surface area contributed by atoms with Crippen LogP contribution in [0.4, 0.5) is 0 Å². The third kappa shape index (κ3) is 1.70. The summed E-state index contributed by atoms with van der Waals surface area (Å²) in [4.78, 5) is 13.7. The molecule has 2 fully saturated rings. The quantitative estimate of drug-likeness (QED) is 0.705. The molecule has 2 rings (SSSR count). The van der Waals surface area contributed by atoms with Gasteiger partial charge in [-0.25, -0.2) is 0 Å². The average Bonchev–Trinajstić information content (AvgIpc) is 2.72. The second kappa shape index (κ2) is 2.98. The predicted octanol–water partition coefficient (Wildman–Crippen LogP) is 0.954. The smallest absolute Gasteiger partial charge is 0.240 e. The summed E-state index contributed by atoms with van der Waals surface area (Å²) in [5.41, 5.74) is 0.444. The minimum atomic E-state index is 0.0855. The highest BCUT2D eigenvalue weighted by Crippen LogP contribution is 2.45. The first-order valence-electron chi connectivity index (χ1n) is 5.17. The van der Waals surface area contributed by atoms with E-state index in [4.69, 9.17) is 0 Å². The van der Waals surface area contributed by atoms with Crippen LogP contribution in [0.1, 0.15) is 33.1 Å². The third-order valence-corrected chi connectivity index (χ3v) is 3.22. The Bertz CT molecular complexity index is 223. The molecular formula is C10H18N2O. The van der Waals surface area contributed by atoms with Crippen molar-refractivity contribution < 1.29 is 4.79 Å². The van der Waals surface area contributed by atoms with Crippen molar-refractivity contribution >= 4 is 5.91 Å². The van der Waals surface area contributed by atoms with E-state index in [0.29, 0.717) is 11.3 Å². The third-order valence-electron chi connectivity index (χ3n) is 3.22. The van der Waals surface area contributed by atoms with Gasteiger partial charge in [-0.2, -0.15) is 0 Å². The van der Waals surface area contributed by atoms with Crippen LogP contribution in [0.25, 0.3) is 0 Å². The molecule has 1 amide bonds. The van der Waals surface area contributed by atoms with Crippen LogP contribution in [-0.2, 0) is 4.79 Å². The molecule has 0 radical (unpaired) electrons. The molecule has 2 aliphatic rings. The summed E-state index contributed by atoms with van der Waals surface area (Å²) < 4.78 is 0. The van der Waals surface area contributed by atoms with E-state index in [1.807, 2.05) is 4.90 Å². The Kier molecular flexibility index (Phi) is 2.06. The lowest BCUT2D eigenvalue weighted by atomic mass is 10.1. The molecule has 13 heavy (non-hydrogen) atoms. The summed E-state index contributed by atoms with van der Waals surface area (Å²) in [6.45, 7) is 6.03. The molecule has 0 bridgehead atoms.